The molecule has 0 bridgehead atoms. The van der Waals surface area contributed by atoms with Crippen LogP contribution >= 0.6 is 0 Å². The van der Waals surface area contributed by atoms with Crippen molar-refractivity contribution in [2.24, 2.45) is 0 Å². The van der Waals surface area contributed by atoms with Gasteiger partial charge in [0.1, 0.15) is 6.54 Å². The molecule has 0 saturated carbocycles. The summed E-state index contributed by atoms with van der Waals surface area (Å²) >= 11 is 0. The summed E-state index contributed by atoms with van der Waals surface area (Å²) in [4.78, 5) is 37.8. The SMILES string of the molecule is Cc1cccc(C(=O)NCC(=O)OCC(=O)N2CC=C(c3ccccc3)CC2)c1. The van der Waals surface area contributed by atoms with Crippen molar-refractivity contribution in [3.05, 3.63) is 77.4 Å². The summed E-state index contributed by atoms with van der Waals surface area (Å²) in [5.74, 6) is -1.24. The van der Waals surface area contributed by atoms with E-state index in [9.17, 15) is 14.4 Å². The highest BCUT2D eigenvalue weighted by Gasteiger charge is 2.19. The number of hydrogen-bond donors (Lipinski definition) is 1. The van der Waals surface area contributed by atoms with Crippen LogP contribution in [0.25, 0.3) is 5.57 Å². The van der Waals surface area contributed by atoms with E-state index in [0.717, 1.165) is 17.5 Å². The third-order valence-electron chi connectivity index (χ3n) is 4.74. The van der Waals surface area contributed by atoms with Crippen LogP contribution in [-0.4, -0.2) is 48.9 Å². The molecular formula is C23H24N2O4. The number of carbonyl (C=O) groups excluding carboxylic acids is 3. The summed E-state index contributed by atoms with van der Waals surface area (Å²) in [7, 11) is 0. The first-order chi connectivity index (χ1) is 14.0. The number of nitrogens with one attached hydrogen (secondary N) is 1. The number of amides is 2. The average molecular weight is 392 g/mol. The van der Waals surface area contributed by atoms with Crippen molar-refractivity contribution in [1.29, 1.82) is 0 Å². The predicted molar refractivity (Wildman–Crippen MR) is 110 cm³/mol. The minimum atomic E-state index is -0.642. The fourth-order valence-corrected chi connectivity index (χ4v) is 3.14. The number of aryl methyl sites for hydroxylation is 1. The van der Waals surface area contributed by atoms with Crippen LogP contribution in [0.15, 0.2) is 60.7 Å². The zero-order valence-corrected chi connectivity index (χ0v) is 16.4. The molecule has 6 nitrogen and oxygen atoms in total. The molecule has 3 rings (SSSR count). The lowest BCUT2D eigenvalue weighted by Gasteiger charge is -2.26. The van der Waals surface area contributed by atoms with Crippen molar-refractivity contribution in [1.82, 2.24) is 10.2 Å². The predicted octanol–water partition coefficient (Wildman–Crippen LogP) is 2.58. The van der Waals surface area contributed by atoms with Gasteiger partial charge in [-0.15, -0.1) is 0 Å². The van der Waals surface area contributed by atoms with Crippen molar-refractivity contribution in [3.63, 3.8) is 0 Å². The maximum atomic E-state index is 12.3. The first-order valence-electron chi connectivity index (χ1n) is 9.55. The van der Waals surface area contributed by atoms with E-state index >= 15 is 0 Å². The minimum absolute atomic E-state index is 0.244. The first-order valence-corrected chi connectivity index (χ1v) is 9.55. The van der Waals surface area contributed by atoms with Gasteiger partial charge in [0.2, 0.25) is 0 Å². The number of ether oxygens (including phenoxy) is 1. The average Bonchev–Trinajstić information content (AvgIpc) is 2.76. The maximum Gasteiger partial charge on any atom is 0.325 e. The Labute approximate surface area is 170 Å². The molecular weight excluding hydrogens is 368 g/mol. The fraction of sp³-hybridized carbons (Fsp3) is 0.261. The molecule has 1 heterocycles. The van der Waals surface area contributed by atoms with E-state index in [1.807, 2.05) is 37.3 Å². The highest BCUT2D eigenvalue weighted by atomic mass is 16.5. The Bertz CT molecular complexity index is 921. The molecule has 150 valence electrons. The number of carbonyl (C=O) groups is 3. The van der Waals surface area contributed by atoms with Gasteiger partial charge in [0, 0.05) is 18.7 Å². The van der Waals surface area contributed by atoms with Gasteiger partial charge in [-0.2, -0.15) is 0 Å². The second kappa shape index (κ2) is 9.68. The summed E-state index contributed by atoms with van der Waals surface area (Å²) < 4.78 is 5.01. The Morgan fingerprint density at radius 1 is 1.07 bits per heavy atom. The number of hydrogen-bond acceptors (Lipinski definition) is 4. The highest BCUT2D eigenvalue weighted by molar-refractivity contribution is 5.96. The number of benzene rings is 2. The molecule has 0 fully saturated rings. The fourth-order valence-electron chi connectivity index (χ4n) is 3.14. The second-order valence-electron chi connectivity index (χ2n) is 6.90. The Balaban J connectivity index is 1.41. The van der Waals surface area contributed by atoms with Crippen molar-refractivity contribution in [2.75, 3.05) is 26.2 Å². The second-order valence-corrected chi connectivity index (χ2v) is 6.90. The van der Waals surface area contributed by atoms with Gasteiger partial charge in [-0.1, -0.05) is 54.1 Å². The topological polar surface area (TPSA) is 75.7 Å². The number of esters is 1. The van der Waals surface area contributed by atoms with Crippen LogP contribution in [0.4, 0.5) is 0 Å². The summed E-state index contributed by atoms with van der Waals surface area (Å²) in [6.07, 6.45) is 2.79. The molecule has 0 atom stereocenters. The lowest BCUT2D eigenvalue weighted by molar-refractivity contribution is -0.151. The van der Waals surface area contributed by atoms with Crippen LogP contribution in [-0.2, 0) is 14.3 Å². The highest BCUT2D eigenvalue weighted by Crippen LogP contribution is 2.21. The molecule has 1 aliphatic heterocycles. The van der Waals surface area contributed by atoms with E-state index in [1.165, 1.54) is 5.57 Å². The molecule has 29 heavy (non-hydrogen) atoms. The van der Waals surface area contributed by atoms with E-state index in [2.05, 4.69) is 17.4 Å². The van der Waals surface area contributed by atoms with E-state index in [0.29, 0.717) is 18.7 Å². The third kappa shape index (κ3) is 5.78. The van der Waals surface area contributed by atoms with Gasteiger partial charge < -0.3 is 15.0 Å². The van der Waals surface area contributed by atoms with Crippen molar-refractivity contribution in [3.8, 4) is 0 Å². The van der Waals surface area contributed by atoms with Crippen LogP contribution in [0.1, 0.15) is 27.9 Å². The Hall–Kier alpha value is -3.41. The molecule has 0 spiro atoms. The monoisotopic (exact) mass is 392 g/mol. The van der Waals surface area contributed by atoms with Crippen molar-refractivity contribution < 1.29 is 19.1 Å². The van der Waals surface area contributed by atoms with Gasteiger partial charge in [0.05, 0.1) is 0 Å². The summed E-state index contributed by atoms with van der Waals surface area (Å²) in [6, 6.07) is 17.1. The Kier molecular flexibility index (Phi) is 6.79. The standard InChI is InChI=1S/C23H24N2O4/c1-17-6-5-9-20(14-17)23(28)24-15-22(27)29-16-21(26)25-12-10-19(11-13-25)18-7-3-2-4-8-18/h2-10,14H,11-13,15-16H2,1H3,(H,24,28). The van der Waals surface area contributed by atoms with Crippen LogP contribution in [0.5, 0.6) is 0 Å². The summed E-state index contributed by atoms with van der Waals surface area (Å²) in [5, 5.41) is 2.51. The van der Waals surface area contributed by atoms with Gasteiger partial charge in [-0.3, -0.25) is 14.4 Å². The molecule has 0 aromatic heterocycles. The largest absolute Gasteiger partial charge is 0.454 e. The van der Waals surface area contributed by atoms with Crippen LogP contribution in [0.2, 0.25) is 0 Å². The zero-order valence-electron chi connectivity index (χ0n) is 16.4. The molecule has 0 aliphatic carbocycles. The quantitative estimate of drug-likeness (QED) is 0.767. The van der Waals surface area contributed by atoms with Gasteiger partial charge in [-0.25, -0.2) is 0 Å². The molecule has 1 N–H and O–H groups in total. The third-order valence-corrected chi connectivity index (χ3v) is 4.74. The Morgan fingerprint density at radius 2 is 1.86 bits per heavy atom. The number of nitrogens with zero attached hydrogens (tertiary/aromatic N) is 1. The summed E-state index contributed by atoms with van der Waals surface area (Å²) in [6.45, 7) is 2.35. The van der Waals surface area contributed by atoms with Crippen LogP contribution in [0, 0.1) is 6.92 Å². The minimum Gasteiger partial charge on any atom is -0.454 e. The molecule has 2 aromatic carbocycles. The molecule has 0 radical (unpaired) electrons. The van der Waals surface area contributed by atoms with Crippen LogP contribution < -0.4 is 5.32 Å². The maximum absolute atomic E-state index is 12.3. The van der Waals surface area contributed by atoms with Gasteiger partial charge >= 0.3 is 5.97 Å². The normalized spacial score (nSPS) is 13.4. The lowest BCUT2D eigenvalue weighted by atomic mass is 10.00. The molecule has 2 aromatic rings. The van der Waals surface area contributed by atoms with E-state index in [-0.39, 0.29) is 25.0 Å². The zero-order chi connectivity index (χ0) is 20.6. The molecule has 1 aliphatic rings. The van der Waals surface area contributed by atoms with Crippen molar-refractivity contribution >= 4 is 23.4 Å². The van der Waals surface area contributed by atoms with Gasteiger partial charge in [0.15, 0.2) is 6.61 Å². The molecule has 6 heteroatoms. The molecule has 0 unspecified atom stereocenters. The Morgan fingerprint density at radius 3 is 2.55 bits per heavy atom. The van der Waals surface area contributed by atoms with Crippen LogP contribution in [0.3, 0.4) is 0 Å². The van der Waals surface area contributed by atoms with E-state index < -0.39 is 5.97 Å². The lowest BCUT2D eigenvalue weighted by Crippen LogP contribution is -2.38. The van der Waals surface area contributed by atoms with Gasteiger partial charge in [0.25, 0.3) is 11.8 Å². The smallest absolute Gasteiger partial charge is 0.325 e. The molecule has 2 amide bonds. The summed E-state index contributed by atoms with van der Waals surface area (Å²) in [5.41, 5.74) is 3.81. The van der Waals surface area contributed by atoms with E-state index in [1.54, 1.807) is 23.1 Å². The van der Waals surface area contributed by atoms with Crippen molar-refractivity contribution in [2.45, 2.75) is 13.3 Å². The first kappa shape index (κ1) is 20.3. The molecule has 0 saturated heterocycles. The number of rotatable bonds is 6. The van der Waals surface area contributed by atoms with Gasteiger partial charge in [-0.05, 0) is 36.6 Å². The van der Waals surface area contributed by atoms with E-state index in [4.69, 9.17) is 4.74 Å².